The van der Waals surface area contributed by atoms with Gasteiger partial charge in [0.2, 0.25) is 0 Å². The summed E-state index contributed by atoms with van der Waals surface area (Å²) in [6.45, 7) is -0.487. The van der Waals surface area contributed by atoms with E-state index in [2.05, 4.69) is 5.32 Å². The van der Waals surface area contributed by atoms with Gasteiger partial charge in [0.1, 0.15) is 5.75 Å². The first-order chi connectivity index (χ1) is 11.4. The summed E-state index contributed by atoms with van der Waals surface area (Å²) in [5.74, 6) is -0.828. The van der Waals surface area contributed by atoms with Crippen molar-refractivity contribution < 1.29 is 19.1 Å². The molecule has 0 unspecified atom stereocenters. The van der Waals surface area contributed by atoms with Crippen molar-refractivity contribution in [3.8, 4) is 5.75 Å². The summed E-state index contributed by atoms with van der Waals surface area (Å²) in [7, 11) is 1.46. The molecule has 2 rings (SSSR count). The number of hydrogen-bond donors (Lipinski definition) is 1. The van der Waals surface area contributed by atoms with E-state index in [-0.39, 0.29) is 5.56 Å². The predicted molar refractivity (Wildman–Crippen MR) is 93.4 cm³/mol. The maximum absolute atomic E-state index is 11.9. The van der Waals surface area contributed by atoms with Crippen molar-refractivity contribution in [3.05, 3.63) is 57.0 Å². The average Bonchev–Trinajstić information content (AvgIpc) is 2.52. The Morgan fingerprint density at radius 1 is 1.00 bits per heavy atom. The maximum atomic E-state index is 11.9. The summed E-state index contributed by atoms with van der Waals surface area (Å²) >= 11 is 17.5. The van der Waals surface area contributed by atoms with E-state index in [9.17, 15) is 9.59 Å². The first-order valence-electron chi connectivity index (χ1n) is 6.65. The minimum absolute atomic E-state index is 0.153. The first-order valence-corrected chi connectivity index (χ1v) is 7.79. The predicted octanol–water partition coefficient (Wildman–Crippen LogP) is 4.45. The van der Waals surface area contributed by atoms with Crippen molar-refractivity contribution in [1.82, 2.24) is 0 Å². The van der Waals surface area contributed by atoms with Crippen LogP contribution in [0.2, 0.25) is 15.1 Å². The standard InChI is InChI=1S/C16H12Cl3NO4/c1-23-14-3-2-10(17)7-13(14)20-15(21)8-24-16(22)9-4-11(18)6-12(19)5-9/h2-7H,8H2,1H3,(H,20,21). The zero-order valence-electron chi connectivity index (χ0n) is 12.4. The van der Waals surface area contributed by atoms with Crippen LogP contribution < -0.4 is 10.1 Å². The Balaban J connectivity index is 1.98. The molecule has 0 aliphatic carbocycles. The fourth-order valence-corrected chi connectivity index (χ4v) is 2.55. The van der Waals surface area contributed by atoms with E-state index in [1.54, 1.807) is 12.1 Å². The summed E-state index contributed by atoms with van der Waals surface area (Å²) in [6, 6.07) is 9.03. The molecule has 0 saturated heterocycles. The molecule has 126 valence electrons. The second-order valence-electron chi connectivity index (χ2n) is 4.63. The lowest BCUT2D eigenvalue weighted by Crippen LogP contribution is -2.21. The van der Waals surface area contributed by atoms with Gasteiger partial charge < -0.3 is 14.8 Å². The van der Waals surface area contributed by atoms with E-state index in [1.807, 2.05) is 0 Å². The zero-order valence-corrected chi connectivity index (χ0v) is 14.7. The van der Waals surface area contributed by atoms with Crippen LogP contribution in [-0.4, -0.2) is 25.6 Å². The van der Waals surface area contributed by atoms with Crippen LogP contribution in [0.5, 0.6) is 5.75 Å². The number of anilines is 1. The number of rotatable bonds is 5. The zero-order chi connectivity index (χ0) is 17.7. The topological polar surface area (TPSA) is 64.6 Å². The number of nitrogens with one attached hydrogen (secondary N) is 1. The van der Waals surface area contributed by atoms with Gasteiger partial charge in [-0.25, -0.2) is 4.79 Å². The van der Waals surface area contributed by atoms with Crippen molar-refractivity contribution >= 4 is 52.4 Å². The summed E-state index contributed by atoms with van der Waals surface area (Å²) in [6.07, 6.45) is 0. The largest absolute Gasteiger partial charge is 0.495 e. The van der Waals surface area contributed by atoms with E-state index in [1.165, 1.54) is 31.4 Å². The van der Waals surface area contributed by atoms with Gasteiger partial charge in [-0.3, -0.25) is 4.79 Å². The highest BCUT2D eigenvalue weighted by molar-refractivity contribution is 6.35. The second kappa shape index (κ2) is 8.24. The molecule has 24 heavy (non-hydrogen) atoms. The number of hydrogen-bond acceptors (Lipinski definition) is 4. The molecular weight excluding hydrogens is 377 g/mol. The van der Waals surface area contributed by atoms with Gasteiger partial charge in [0.25, 0.3) is 5.91 Å². The lowest BCUT2D eigenvalue weighted by Gasteiger charge is -2.11. The van der Waals surface area contributed by atoms with Gasteiger partial charge in [0.15, 0.2) is 6.61 Å². The molecule has 0 aliphatic heterocycles. The fourth-order valence-electron chi connectivity index (χ4n) is 1.85. The van der Waals surface area contributed by atoms with Gasteiger partial charge in [0, 0.05) is 15.1 Å². The van der Waals surface area contributed by atoms with Crippen LogP contribution in [0.25, 0.3) is 0 Å². The van der Waals surface area contributed by atoms with Crippen LogP contribution in [0, 0.1) is 0 Å². The van der Waals surface area contributed by atoms with Gasteiger partial charge in [0.05, 0.1) is 18.4 Å². The molecule has 0 radical (unpaired) electrons. The molecule has 0 aromatic heterocycles. The molecule has 0 spiro atoms. The molecule has 5 nitrogen and oxygen atoms in total. The molecule has 0 aliphatic rings. The Hall–Kier alpha value is -1.95. The number of amides is 1. The second-order valence-corrected chi connectivity index (χ2v) is 5.94. The molecular formula is C16H12Cl3NO4. The van der Waals surface area contributed by atoms with Gasteiger partial charge >= 0.3 is 5.97 Å². The number of halogens is 3. The summed E-state index contributed by atoms with van der Waals surface area (Å²) in [5, 5.41) is 3.57. The lowest BCUT2D eigenvalue weighted by atomic mass is 10.2. The van der Waals surface area contributed by atoms with Gasteiger partial charge in [-0.15, -0.1) is 0 Å². The molecule has 1 amide bonds. The molecule has 2 aromatic carbocycles. The Morgan fingerprint density at radius 3 is 2.29 bits per heavy atom. The Kier molecular flexibility index (Phi) is 6.31. The molecule has 0 fully saturated rings. The highest BCUT2D eigenvalue weighted by atomic mass is 35.5. The number of carbonyl (C=O) groups excluding carboxylic acids is 2. The smallest absolute Gasteiger partial charge is 0.338 e. The van der Waals surface area contributed by atoms with Crippen LogP contribution >= 0.6 is 34.8 Å². The average molecular weight is 389 g/mol. The maximum Gasteiger partial charge on any atom is 0.338 e. The first kappa shape index (κ1) is 18.4. The summed E-state index contributed by atoms with van der Waals surface area (Å²) in [4.78, 5) is 23.8. The van der Waals surface area contributed by atoms with E-state index in [4.69, 9.17) is 44.3 Å². The lowest BCUT2D eigenvalue weighted by molar-refractivity contribution is -0.119. The van der Waals surface area contributed by atoms with E-state index in [0.29, 0.717) is 26.5 Å². The number of benzene rings is 2. The quantitative estimate of drug-likeness (QED) is 0.769. The third-order valence-electron chi connectivity index (χ3n) is 2.87. The van der Waals surface area contributed by atoms with Gasteiger partial charge in [-0.1, -0.05) is 34.8 Å². The van der Waals surface area contributed by atoms with E-state index in [0.717, 1.165) is 0 Å². The van der Waals surface area contributed by atoms with Crippen LogP contribution in [0.4, 0.5) is 5.69 Å². The molecule has 0 bridgehead atoms. The van der Waals surface area contributed by atoms with Crippen molar-refractivity contribution in [3.63, 3.8) is 0 Å². The Bertz CT molecular complexity index is 760. The summed E-state index contributed by atoms with van der Waals surface area (Å²) < 4.78 is 10.0. The minimum atomic E-state index is -0.715. The van der Waals surface area contributed by atoms with Crippen LogP contribution in [0.1, 0.15) is 10.4 Å². The van der Waals surface area contributed by atoms with Crippen molar-refractivity contribution in [2.24, 2.45) is 0 Å². The number of esters is 1. The highest BCUT2D eigenvalue weighted by Gasteiger charge is 2.13. The minimum Gasteiger partial charge on any atom is -0.495 e. The Labute approximate surface area is 153 Å². The van der Waals surface area contributed by atoms with Crippen molar-refractivity contribution in [1.29, 1.82) is 0 Å². The molecule has 0 heterocycles. The Morgan fingerprint density at radius 2 is 1.67 bits per heavy atom. The third kappa shape index (κ3) is 5.03. The summed E-state index contributed by atoms with van der Waals surface area (Å²) in [5.41, 5.74) is 0.525. The molecule has 8 heteroatoms. The molecule has 0 atom stereocenters. The molecule has 1 N–H and O–H groups in total. The number of ether oxygens (including phenoxy) is 2. The van der Waals surface area contributed by atoms with Crippen LogP contribution in [0.15, 0.2) is 36.4 Å². The van der Waals surface area contributed by atoms with Crippen molar-refractivity contribution in [2.45, 2.75) is 0 Å². The molecule has 0 saturated carbocycles. The van der Waals surface area contributed by atoms with Crippen molar-refractivity contribution in [2.75, 3.05) is 19.0 Å². The number of methoxy groups -OCH3 is 1. The van der Waals surface area contributed by atoms with E-state index < -0.39 is 18.5 Å². The van der Waals surface area contributed by atoms with Gasteiger partial charge in [-0.05, 0) is 36.4 Å². The van der Waals surface area contributed by atoms with E-state index >= 15 is 0 Å². The van der Waals surface area contributed by atoms with Crippen LogP contribution in [0.3, 0.4) is 0 Å². The monoisotopic (exact) mass is 387 g/mol. The molecule has 2 aromatic rings. The number of carbonyl (C=O) groups is 2. The van der Waals surface area contributed by atoms with Gasteiger partial charge in [-0.2, -0.15) is 0 Å². The highest BCUT2D eigenvalue weighted by Crippen LogP contribution is 2.27. The normalized spacial score (nSPS) is 10.2. The fraction of sp³-hybridized carbons (Fsp3) is 0.125. The van der Waals surface area contributed by atoms with Crippen LogP contribution in [-0.2, 0) is 9.53 Å². The SMILES string of the molecule is COc1ccc(Cl)cc1NC(=O)COC(=O)c1cc(Cl)cc(Cl)c1. The third-order valence-corrected chi connectivity index (χ3v) is 3.54.